The lowest BCUT2D eigenvalue weighted by atomic mass is 10.0. The van der Waals surface area contributed by atoms with Crippen LogP contribution in [0.25, 0.3) is 0 Å². The first-order valence-electron chi connectivity index (χ1n) is 11.0. The van der Waals surface area contributed by atoms with E-state index in [1.807, 2.05) is 4.68 Å². The minimum atomic E-state index is 0.142. The fourth-order valence-corrected chi connectivity index (χ4v) is 4.49. The van der Waals surface area contributed by atoms with E-state index in [0.29, 0.717) is 0 Å². The number of piperazine rings is 1. The van der Waals surface area contributed by atoms with E-state index < -0.39 is 0 Å². The van der Waals surface area contributed by atoms with Crippen LogP contribution in [-0.4, -0.2) is 46.4 Å². The van der Waals surface area contributed by atoms with Gasteiger partial charge in [-0.3, -0.25) is 0 Å². The largest absolute Gasteiger partial charge is 0.360 e. The summed E-state index contributed by atoms with van der Waals surface area (Å²) in [6, 6.07) is 15.9. The Morgan fingerprint density at radius 3 is 2.30 bits per heavy atom. The van der Waals surface area contributed by atoms with Gasteiger partial charge in [0.2, 0.25) is 5.82 Å². The highest BCUT2D eigenvalue weighted by atomic mass is 15.6. The normalized spacial score (nSPS) is 16.3. The number of rotatable bonds is 5. The van der Waals surface area contributed by atoms with Crippen LogP contribution in [0.2, 0.25) is 0 Å². The fraction of sp³-hybridized carbons (Fsp3) is 0.458. The molecule has 2 heterocycles. The number of aromatic nitrogens is 4. The Labute approximate surface area is 179 Å². The molecule has 1 N–H and O–H groups in total. The summed E-state index contributed by atoms with van der Waals surface area (Å²) in [5.74, 6) is 0.962. The fourth-order valence-electron chi connectivity index (χ4n) is 4.49. The van der Waals surface area contributed by atoms with E-state index in [9.17, 15) is 0 Å². The van der Waals surface area contributed by atoms with Gasteiger partial charge in [-0.1, -0.05) is 42.0 Å². The molecular formula is C24H33N6+. The molecule has 0 amide bonds. The predicted molar refractivity (Wildman–Crippen MR) is 120 cm³/mol. The van der Waals surface area contributed by atoms with Crippen molar-refractivity contribution in [3.63, 3.8) is 0 Å². The molecule has 0 radical (unpaired) electrons. The monoisotopic (exact) mass is 405 g/mol. The maximum atomic E-state index is 4.48. The first kappa shape index (κ1) is 20.5. The topological polar surface area (TPSA) is 51.3 Å². The van der Waals surface area contributed by atoms with Crippen molar-refractivity contribution >= 4 is 5.69 Å². The van der Waals surface area contributed by atoms with Gasteiger partial charge in [0.1, 0.15) is 0 Å². The van der Waals surface area contributed by atoms with Gasteiger partial charge in [-0.15, -0.1) is 5.10 Å². The van der Waals surface area contributed by atoms with Crippen LogP contribution in [0.1, 0.15) is 54.0 Å². The van der Waals surface area contributed by atoms with Crippen LogP contribution in [0.15, 0.2) is 42.5 Å². The van der Waals surface area contributed by atoms with Gasteiger partial charge in [-0.2, -0.15) is 0 Å². The lowest BCUT2D eigenvalue weighted by molar-refractivity contribution is -0.927. The van der Waals surface area contributed by atoms with Gasteiger partial charge in [0, 0.05) is 11.3 Å². The first-order valence-corrected chi connectivity index (χ1v) is 11.0. The maximum Gasteiger partial charge on any atom is 0.214 e. The Kier molecular flexibility index (Phi) is 5.86. The van der Waals surface area contributed by atoms with Crippen molar-refractivity contribution < 1.29 is 4.90 Å². The van der Waals surface area contributed by atoms with Crippen LogP contribution in [0, 0.1) is 20.8 Å². The number of nitrogens with zero attached hydrogens (tertiary/aromatic N) is 5. The van der Waals surface area contributed by atoms with Crippen molar-refractivity contribution in [1.82, 2.24) is 20.2 Å². The molecule has 1 saturated heterocycles. The quantitative estimate of drug-likeness (QED) is 0.709. The lowest BCUT2D eigenvalue weighted by Crippen LogP contribution is -3.15. The van der Waals surface area contributed by atoms with Gasteiger partial charge in [-0.25, -0.2) is 4.68 Å². The van der Waals surface area contributed by atoms with Crippen LogP contribution < -0.4 is 9.80 Å². The van der Waals surface area contributed by atoms with Crippen molar-refractivity contribution in [2.75, 3.05) is 31.1 Å². The zero-order chi connectivity index (χ0) is 21.3. The first-order chi connectivity index (χ1) is 14.5. The Balaban J connectivity index is 1.62. The second-order valence-electron chi connectivity index (χ2n) is 8.78. The zero-order valence-corrected chi connectivity index (χ0v) is 18.8. The molecule has 30 heavy (non-hydrogen) atoms. The molecule has 158 valence electrons. The average Bonchev–Trinajstić information content (AvgIpc) is 3.22. The number of aryl methyl sites for hydroxylation is 2. The van der Waals surface area contributed by atoms with Crippen LogP contribution in [0.5, 0.6) is 0 Å². The molecule has 4 rings (SSSR count). The zero-order valence-electron chi connectivity index (χ0n) is 18.8. The van der Waals surface area contributed by atoms with Gasteiger partial charge in [0.15, 0.2) is 6.04 Å². The Morgan fingerprint density at radius 1 is 0.933 bits per heavy atom. The number of tetrazole rings is 1. The number of quaternary nitrogens is 1. The molecule has 6 nitrogen and oxygen atoms in total. The van der Waals surface area contributed by atoms with E-state index in [-0.39, 0.29) is 12.1 Å². The highest BCUT2D eigenvalue weighted by Gasteiger charge is 2.34. The van der Waals surface area contributed by atoms with Gasteiger partial charge in [0.05, 0.1) is 32.2 Å². The summed E-state index contributed by atoms with van der Waals surface area (Å²) in [6.07, 6.45) is 0. The van der Waals surface area contributed by atoms with Crippen LogP contribution in [0.3, 0.4) is 0 Å². The second kappa shape index (κ2) is 8.56. The molecule has 0 aliphatic carbocycles. The van der Waals surface area contributed by atoms with Crippen molar-refractivity contribution in [1.29, 1.82) is 0 Å². The molecule has 1 fully saturated rings. The van der Waals surface area contributed by atoms with Crippen LogP contribution >= 0.6 is 0 Å². The number of nitrogens with one attached hydrogen (secondary N) is 1. The third-order valence-electron chi connectivity index (χ3n) is 6.41. The standard InChI is InChI=1S/C24H32N6/c1-17(2)30-24(25-26-27-30)23(21-11-9-18(3)10-12-21)29-15-13-28(14-16-29)22-8-6-7-19(4)20(22)5/h6-12,17,23H,13-16H2,1-5H3/p+1/t23-/m1/s1. The molecular weight excluding hydrogens is 372 g/mol. The van der Waals surface area contributed by atoms with Crippen molar-refractivity contribution in [2.24, 2.45) is 0 Å². The number of hydrogen-bond donors (Lipinski definition) is 1. The number of hydrogen-bond acceptors (Lipinski definition) is 4. The Bertz CT molecular complexity index is 983. The SMILES string of the molecule is Cc1ccc([C@H](c2nnnn2C(C)C)[NH+]2CCN(c3cccc(C)c3C)CC2)cc1. The van der Waals surface area contributed by atoms with Crippen molar-refractivity contribution in [2.45, 2.75) is 46.7 Å². The summed E-state index contributed by atoms with van der Waals surface area (Å²) in [5.41, 5.74) is 6.67. The second-order valence-corrected chi connectivity index (χ2v) is 8.78. The van der Waals surface area contributed by atoms with Gasteiger partial charge in [0.25, 0.3) is 0 Å². The molecule has 3 aromatic rings. The van der Waals surface area contributed by atoms with E-state index in [0.717, 1.165) is 32.0 Å². The van der Waals surface area contributed by atoms with E-state index in [2.05, 4.69) is 97.5 Å². The molecule has 0 saturated carbocycles. The third kappa shape index (κ3) is 3.97. The summed E-state index contributed by atoms with van der Waals surface area (Å²) >= 11 is 0. The molecule has 1 atom stereocenters. The molecule has 6 heteroatoms. The summed E-state index contributed by atoms with van der Waals surface area (Å²) in [6.45, 7) is 15.0. The van der Waals surface area contributed by atoms with Crippen LogP contribution in [-0.2, 0) is 0 Å². The Morgan fingerprint density at radius 2 is 1.63 bits per heavy atom. The Hall–Kier alpha value is -2.73. The third-order valence-corrected chi connectivity index (χ3v) is 6.41. The number of benzene rings is 2. The minimum Gasteiger partial charge on any atom is -0.360 e. The summed E-state index contributed by atoms with van der Waals surface area (Å²) in [7, 11) is 0. The molecule has 1 aromatic heterocycles. The predicted octanol–water partition coefficient (Wildman–Crippen LogP) is 2.67. The van der Waals surface area contributed by atoms with Crippen LogP contribution in [0.4, 0.5) is 5.69 Å². The summed E-state index contributed by atoms with van der Waals surface area (Å²) in [4.78, 5) is 4.06. The molecule has 0 unspecified atom stereocenters. The molecule has 2 aromatic carbocycles. The molecule has 1 aliphatic rings. The molecule has 1 aliphatic heterocycles. The molecule has 0 spiro atoms. The van der Waals surface area contributed by atoms with E-state index >= 15 is 0 Å². The van der Waals surface area contributed by atoms with Crippen molar-refractivity contribution in [3.8, 4) is 0 Å². The summed E-state index contributed by atoms with van der Waals surface area (Å²) < 4.78 is 1.98. The van der Waals surface area contributed by atoms with E-state index in [1.54, 1.807) is 0 Å². The van der Waals surface area contributed by atoms with Gasteiger partial charge < -0.3 is 9.80 Å². The van der Waals surface area contributed by atoms with Gasteiger partial charge in [-0.05, 0) is 62.2 Å². The summed E-state index contributed by atoms with van der Waals surface area (Å²) in [5, 5.41) is 12.8. The maximum absolute atomic E-state index is 4.48. The highest BCUT2D eigenvalue weighted by Crippen LogP contribution is 2.24. The van der Waals surface area contributed by atoms with Gasteiger partial charge >= 0.3 is 0 Å². The average molecular weight is 406 g/mol. The smallest absolute Gasteiger partial charge is 0.214 e. The number of anilines is 1. The molecule has 0 bridgehead atoms. The lowest BCUT2D eigenvalue weighted by Gasteiger charge is -2.38. The highest BCUT2D eigenvalue weighted by molar-refractivity contribution is 5.56. The minimum absolute atomic E-state index is 0.142. The van der Waals surface area contributed by atoms with E-state index in [4.69, 9.17) is 0 Å². The van der Waals surface area contributed by atoms with Crippen molar-refractivity contribution in [3.05, 3.63) is 70.5 Å². The van der Waals surface area contributed by atoms with E-state index in [1.165, 1.54) is 32.8 Å².